The summed E-state index contributed by atoms with van der Waals surface area (Å²) in [5.41, 5.74) is 9.09. The average molecular weight is 395 g/mol. The van der Waals surface area contributed by atoms with Gasteiger partial charge in [-0.2, -0.15) is 0 Å². The fourth-order valence-corrected chi connectivity index (χ4v) is 3.61. The van der Waals surface area contributed by atoms with E-state index in [1.807, 2.05) is 0 Å². The van der Waals surface area contributed by atoms with Crippen LogP contribution in [0.15, 0.2) is 78.9 Å². The number of aryl methyl sites for hydroxylation is 1. The SMILES string of the molecule is CCC.Cc1ccc(/C=C/c2cc(C3=CCCC=C3)cc(C3=CCCC=C3)c2)cc1. The normalized spacial score (nSPS) is 15.4. The summed E-state index contributed by atoms with van der Waals surface area (Å²) < 4.78 is 0. The molecule has 0 bridgehead atoms. The van der Waals surface area contributed by atoms with Crippen LogP contribution in [0.1, 0.15) is 73.8 Å². The molecule has 0 spiro atoms. The minimum absolute atomic E-state index is 1.13. The van der Waals surface area contributed by atoms with E-state index < -0.39 is 0 Å². The van der Waals surface area contributed by atoms with Crippen molar-refractivity contribution in [2.75, 3.05) is 0 Å². The zero-order valence-electron chi connectivity index (χ0n) is 18.7. The summed E-state index contributed by atoms with van der Waals surface area (Å²) in [6.07, 6.45) is 24.1. The molecule has 2 aromatic carbocycles. The first kappa shape index (κ1) is 21.8. The van der Waals surface area contributed by atoms with E-state index >= 15 is 0 Å². The van der Waals surface area contributed by atoms with Crippen molar-refractivity contribution in [3.05, 3.63) is 107 Å². The molecule has 0 heterocycles. The zero-order valence-corrected chi connectivity index (χ0v) is 18.7. The number of benzene rings is 2. The van der Waals surface area contributed by atoms with Crippen molar-refractivity contribution in [3.8, 4) is 0 Å². The maximum absolute atomic E-state index is 2.36. The third-order valence-corrected chi connectivity index (χ3v) is 5.16. The highest BCUT2D eigenvalue weighted by molar-refractivity contribution is 5.84. The lowest BCUT2D eigenvalue weighted by molar-refractivity contribution is 1.04. The van der Waals surface area contributed by atoms with Crippen LogP contribution < -0.4 is 0 Å². The van der Waals surface area contributed by atoms with Crippen LogP contribution in [0.4, 0.5) is 0 Å². The molecule has 154 valence electrons. The molecule has 0 fully saturated rings. The van der Waals surface area contributed by atoms with Gasteiger partial charge in [0.2, 0.25) is 0 Å². The van der Waals surface area contributed by atoms with Crippen molar-refractivity contribution in [1.82, 2.24) is 0 Å². The van der Waals surface area contributed by atoms with E-state index in [0.717, 1.165) is 25.7 Å². The molecule has 0 radical (unpaired) electrons. The Morgan fingerprint density at radius 1 is 0.667 bits per heavy atom. The van der Waals surface area contributed by atoms with Crippen LogP contribution >= 0.6 is 0 Å². The molecule has 2 aromatic rings. The lowest BCUT2D eigenvalue weighted by Gasteiger charge is -2.13. The van der Waals surface area contributed by atoms with E-state index in [-0.39, 0.29) is 0 Å². The number of hydrogen-bond acceptors (Lipinski definition) is 0. The first-order chi connectivity index (χ1) is 14.7. The van der Waals surface area contributed by atoms with E-state index in [9.17, 15) is 0 Å². The van der Waals surface area contributed by atoms with E-state index in [0.29, 0.717) is 0 Å². The Morgan fingerprint density at radius 2 is 1.17 bits per heavy atom. The second-order valence-corrected chi connectivity index (χ2v) is 8.07. The van der Waals surface area contributed by atoms with Gasteiger partial charge in [-0.25, -0.2) is 0 Å². The van der Waals surface area contributed by atoms with Gasteiger partial charge >= 0.3 is 0 Å². The Bertz CT molecular complexity index is 925. The van der Waals surface area contributed by atoms with Crippen molar-refractivity contribution in [2.24, 2.45) is 0 Å². The van der Waals surface area contributed by atoms with Crippen LogP contribution in [0.2, 0.25) is 0 Å². The lowest BCUT2D eigenvalue weighted by Crippen LogP contribution is -1.92. The van der Waals surface area contributed by atoms with E-state index in [2.05, 4.69) is 112 Å². The summed E-state index contributed by atoms with van der Waals surface area (Å²) in [5, 5.41) is 0. The smallest absolute Gasteiger partial charge is 0.0175 e. The molecular formula is C30H34. The van der Waals surface area contributed by atoms with Crippen molar-refractivity contribution < 1.29 is 0 Å². The second kappa shape index (κ2) is 11.4. The van der Waals surface area contributed by atoms with Gasteiger partial charge in [-0.15, -0.1) is 0 Å². The van der Waals surface area contributed by atoms with Gasteiger partial charge in [-0.1, -0.05) is 98.7 Å². The molecule has 0 saturated carbocycles. The molecular weight excluding hydrogens is 360 g/mol. The third-order valence-electron chi connectivity index (χ3n) is 5.16. The van der Waals surface area contributed by atoms with Crippen LogP contribution in [0.25, 0.3) is 23.3 Å². The lowest BCUT2D eigenvalue weighted by atomic mass is 9.91. The summed E-state index contributed by atoms with van der Waals surface area (Å²) >= 11 is 0. The van der Waals surface area contributed by atoms with Gasteiger partial charge in [0.1, 0.15) is 0 Å². The standard InChI is InChI=1S/C27H26.C3H8/c1-21-12-14-22(15-13-21)16-17-23-18-26(24-8-4-2-5-9-24)20-27(19-23)25-10-6-3-7-11-25;1-3-2/h4,6,8-20H,2-3,5,7H2,1H3;3H2,1-2H3/b17-16+;. The Balaban J connectivity index is 0.000000806. The molecule has 2 aliphatic carbocycles. The van der Waals surface area contributed by atoms with Gasteiger partial charge in [-0.3, -0.25) is 0 Å². The number of hydrogen-bond donors (Lipinski definition) is 0. The van der Waals surface area contributed by atoms with E-state index in [4.69, 9.17) is 0 Å². The Kier molecular flexibility index (Phi) is 8.27. The van der Waals surface area contributed by atoms with Gasteiger partial charge in [0.05, 0.1) is 0 Å². The summed E-state index contributed by atoms with van der Waals surface area (Å²) in [4.78, 5) is 0. The summed E-state index contributed by atoms with van der Waals surface area (Å²) in [6, 6.07) is 15.6. The second-order valence-electron chi connectivity index (χ2n) is 8.07. The monoisotopic (exact) mass is 394 g/mol. The van der Waals surface area contributed by atoms with Crippen LogP contribution in [0, 0.1) is 6.92 Å². The molecule has 0 amide bonds. The minimum Gasteiger partial charge on any atom is -0.0836 e. The Hall–Kier alpha value is -2.86. The van der Waals surface area contributed by atoms with Crippen LogP contribution in [-0.2, 0) is 0 Å². The summed E-state index contributed by atoms with van der Waals surface area (Å²) in [5.74, 6) is 0. The van der Waals surface area contributed by atoms with Gasteiger partial charge in [0.25, 0.3) is 0 Å². The molecule has 0 aliphatic heterocycles. The van der Waals surface area contributed by atoms with Crippen LogP contribution in [-0.4, -0.2) is 0 Å². The number of allylic oxidation sites excluding steroid dienone is 8. The Labute approximate surface area is 183 Å². The molecule has 0 N–H and O–H groups in total. The van der Waals surface area contributed by atoms with Crippen LogP contribution in [0.3, 0.4) is 0 Å². The first-order valence-electron chi connectivity index (χ1n) is 11.3. The molecule has 0 nitrogen and oxygen atoms in total. The third kappa shape index (κ3) is 6.32. The maximum atomic E-state index is 2.36. The molecule has 0 atom stereocenters. The zero-order chi connectivity index (χ0) is 21.2. The van der Waals surface area contributed by atoms with Gasteiger partial charge in [-0.05, 0) is 84.2 Å². The topological polar surface area (TPSA) is 0 Å². The van der Waals surface area contributed by atoms with Crippen molar-refractivity contribution in [2.45, 2.75) is 52.9 Å². The highest BCUT2D eigenvalue weighted by atomic mass is 14.1. The van der Waals surface area contributed by atoms with Gasteiger partial charge in [0, 0.05) is 0 Å². The Morgan fingerprint density at radius 3 is 1.63 bits per heavy atom. The van der Waals surface area contributed by atoms with E-state index in [1.165, 1.54) is 45.4 Å². The van der Waals surface area contributed by atoms with Crippen molar-refractivity contribution >= 4 is 23.3 Å². The fraction of sp³-hybridized carbons (Fsp3) is 0.267. The maximum Gasteiger partial charge on any atom is -0.0175 e. The van der Waals surface area contributed by atoms with Gasteiger partial charge < -0.3 is 0 Å². The molecule has 30 heavy (non-hydrogen) atoms. The first-order valence-corrected chi connectivity index (χ1v) is 11.3. The molecule has 0 unspecified atom stereocenters. The van der Waals surface area contributed by atoms with Crippen molar-refractivity contribution in [3.63, 3.8) is 0 Å². The average Bonchev–Trinajstić information content (AvgIpc) is 2.80. The highest BCUT2D eigenvalue weighted by Crippen LogP contribution is 2.29. The summed E-state index contributed by atoms with van der Waals surface area (Å²) in [7, 11) is 0. The molecule has 0 saturated heterocycles. The molecule has 4 rings (SSSR count). The minimum atomic E-state index is 1.13. The quantitative estimate of drug-likeness (QED) is 0.454. The predicted molar refractivity (Wildman–Crippen MR) is 135 cm³/mol. The summed E-state index contributed by atoms with van der Waals surface area (Å²) in [6.45, 7) is 6.38. The molecule has 0 aromatic heterocycles. The highest BCUT2D eigenvalue weighted by Gasteiger charge is 2.08. The van der Waals surface area contributed by atoms with Gasteiger partial charge in [0.15, 0.2) is 0 Å². The molecule has 0 heteroatoms. The van der Waals surface area contributed by atoms with E-state index in [1.54, 1.807) is 0 Å². The van der Waals surface area contributed by atoms with Crippen molar-refractivity contribution in [1.29, 1.82) is 0 Å². The fourth-order valence-electron chi connectivity index (χ4n) is 3.61. The van der Waals surface area contributed by atoms with Crippen LogP contribution in [0.5, 0.6) is 0 Å². The predicted octanol–water partition coefficient (Wildman–Crippen LogP) is 9.05. The molecule has 2 aliphatic rings. The largest absolute Gasteiger partial charge is 0.0836 e. The number of rotatable bonds is 4.